The number of nitrogens with zero attached hydrogens (tertiary/aromatic N) is 1. The van der Waals surface area contributed by atoms with E-state index in [1.165, 1.54) is 11.3 Å². The first-order chi connectivity index (χ1) is 10.6. The Balaban J connectivity index is 1.76. The molecular weight excluding hydrogens is 320 g/mol. The molecule has 1 amide bonds. The Kier molecular flexibility index (Phi) is 5.70. The Hall–Kier alpha value is -2.16. The van der Waals surface area contributed by atoms with Gasteiger partial charge in [0, 0.05) is 19.4 Å². The predicted molar refractivity (Wildman–Crippen MR) is 85.9 cm³/mol. The highest BCUT2D eigenvalue weighted by atomic mass is 35.5. The van der Waals surface area contributed by atoms with Gasteiger partial charge in [0.1, 0.15) is 0 Å². The minimum Gasteiger partial charge on any atom is -0.352 e. The Labute approximate surface area is 137 Å². The van der Waals surface area contributed by atoms with Gasteiger partial charge in [-0.3, -0.25) is 9.59 Å². The lowest BCUT2D eigenvalue weighted by molar-refractivity contribution is -0.121. The van der Waals surface area contributed by atoms with Crippen LogP contribution in [-0.4, -0.2) is 11.7 Å². The molecular formula is C16H13ClN2O2S. The summed E-state index contributed by atoms with van der Waals surface area (Å²) in [5.74, 6) is -0.259. The number of rotatable bonds is 6. The average Bonchev–Trinajstić information content (AvgIpc) is 2.97. The molecule has 4 nitrogen and oxygen atoms in total. The third kappa shape index (κ3) is 4.69. The maximum atomic E-state index is 11.8. The van der Waals surface area contributed by atoms with E-state index >= 15 is 0 Å². The maximum absolute atomic E-state index is 11.8. The van der Waals surface area contributed by atoms with Gasteiger partial charge >= 0.3 is 0 Å². The highest BCUT2D eigenvalue weighted by Crippen LogP contribution is 2.22. The van der Waals surface area contributed by atoms with Crippen LogP contribution in [0.3, 0.4) is 0 Å². The molecule has 0 radical (unpaired) electrons. The molecule has 0 spiro atoms. The van der Waals surface area contributed by atoms with Crippen LogP contribution in [0.15, 0.2) is 36.4 Å². The van der Waals surface area contributed by atoms with Crippen LogP contribution in [0.1, 0.15) is 33.6 Å². The lowest BCUT2D eigenvalue weighted by atomic mass is 10.1. The van der Waals surface area contributed by atoms with Crippen molar-refractivity contribution in [3.63, 3.8) is 0 Å². The van der Waals surface area contributed by atoms with Crippen LogP contribution in [0.25, 0.3) is 0 Å². The third-order valence-electron chi connectivity index (χ3n) is 3.00. The van der Waals surface area contributed by atoms with E-state index in [-0.39, 0.29) is 24.5 Å². The number of nitrogens with one attached hydrogen (secondary N) is 1. The molecule has 1 heterocycles. The number of carbonyl (C=O) groups excluding carboxylic acids is 2. The molecule has 2 rings (SSSR count). The van der Waals surface area contributed by atoms with Gasteiger partial charge in [-0.1, -0.05) is 23.7 Å². The third-order valence-corrected chi connectivity index (χ3v) is 4.27. The van der Waals surface area contributed by atoms with Crippen LogP contribution >= 0.6 is 22.9 Å². The summed E-state index contributed by atoms with van der Waals surface area (Å²) in [6, 6.07) is 12.4. The lowest BCUT2D eigenvalue weighted by Crippen LogP contribution is -2.23. The zero-order valence-electron chi connectivity index (χ0n) is 11.6. The van der Waals surface area contributed by atoms with E-state index in [1.807, 2.05) is 6.07 Å². The Morgan fingerprint density at radius 3 is 2.45 bits per heavy atom. The normalized spacial score (nSPS) is 10.0. The van der Waals surface area contributed by atoms with Crippen molar-refractivity contribution < 1.29 is 9.59 Å². The molecule has 0 fully saturated rings. The average molecular weight is 333 g/mol. The van der Waals surface area contributed by atoms with Crippen molar-refractivity contribution in [1.29, 1.82) is 5.26 Å². The Morgan fingerprint density at radius 1 is 1.14 bits per heavy atom. The highest BCUT2D eigenvalue weighted by Gasteiger charge is 2.11. The fraction of sp³-hybridized carbons (Fsp3) is 0.188. The van der Waals surface area contributed by atoms with E-state index in [9.17, 15) is 9.59 Å². The number of thiophene rings is 1. The molecule has 0 aliphatic rings. The quantitative estimate of drug-likeness (QED) is 0.822. The number of benzene rings is 1. The summed E-state index contributed by atoms with van der Waals surface area (Å²) in [6.07, 6.45) is 0.306. The summed E-state index contributed by atoms with van der Waals surface area (Å²) in [5.41, 5.74) is 1.49. The number of amides is 1. The number of halogens is 1. The van der Waals surface area contributed by atoms with E-state index in [1.54, 1.807) is 36.4 Å². The molecule has 0 saturated carbocycles. The summed E-state index contributed by atoms with van der Waals surface area (Å²) in [7, 11) is 0. The van der Waals surface area contributed by atoms with Gasteiger partial charge in [0.25, 0.3) is 0 Å². The van der Waals surface area contributed by atoms with Crippen LogP contribution < -0.4 is 5.32 Å². The number of Topliss-reactive ketones (excluding diaryl/α,β-unsaturated/α-hetero) is 1. The number of ketones is 1. The van der Waals surface area contributed by atoms with Crippen molar-refractivity contribution in [2.45, 2.75) is 19.4 Å². The smallest absolute Gasteiger partial charge is 0.220 e. The van der Waals surface area contributed by atoms with Crippen LogP contribution in [0, 0.1) is 11.3 Å². The SMILES string of the molecule is N#Cc1ccc(CNC(=O)CCC(=O)c2ccc(Cl)s2)cc1. The van der Waals surface area contributed by atoms with E-state index < -0.39 is 0 Å². The fourth-order valence-corrected chi connectivity index (χ4v) is 2.81. The molecule has 0 aliphatic carbocycles. The first-order valence-corrected chi connectivity index (χ1v) is 7.82. The first kappa shape index (κ1) is 16.2. The van der Waals surface area contributed by atoms with Gasteiger partial charge in [-0.05, 0) is 29.8 Å². The summed E-state index contributed by atoms with van der Waals surface area (Å²) in [5, 5.41) is 11.5. The van der Waals surface area contributed by atoms with E-state index in [0.29, 0.717) is 21.3 Å². The molecule has 0 saturated heterocycles. The number of nitriles is 1. The van der Waals surface area contributed by atoms with Crippen molar-refractivity contribution >= 4 is 34.6 Å². The van der Waals surface area contributed by atoms with Crippen LogP contribution in [0.4, 0.5) is 0 Å². The van der Waals surface area contributed by atoms with Gasteiger partial charge in [-0.25, -0.2) is 0 Å². The summed E-state index contributed by atoms with van der Waals surface area (Å²) in [6.45, 7) is 0.379. The highest BCUT2D eigenvalue weighted by molar-refractivity contribution is 7.18. The number of carbonyl (C=O) groups is 2. The second-order valence-corrected chi connectivity index (χ2v) is 6.33. The molecule has 0 unspecified atom stereocenters. The molecule has 0 bridgehead atoms. The lowest BCUT2D eigenvalue weighted by Gasteiger charge is -2.05. The second-order valence-electron chi connectivity index (χ2n) is 4.61. The largest absolute Gasteiger partial charge is 0.352 e. The van der Waals surface area contributed by atoms with Gasteiger partial charge in [0.05, 0.1) is 20.8 Å². The topological polar surface area (TPSA) is 70.0 Å². The number of hydrogen-bond donors (Lipinski definition) is 1. The van der Waals surface area contributed by atoms with Crippen molar-refractivity contribution in [2.24, 2.45) is 0 Å². The molecule has 0 atom stereocenters. The molecule has 2 aromatic rings. The van der Waals surface area contributed by atoms with Crippen molar-refractivity contribution in [2.75, 3.05) is 0 Å². The van der Waals surface area contributed by atoms with Crippen molar-refractivity contribution in [3.05, 3.63) is 56.7 Å². The predicted octanol–water partition coefficient (Wildman–Crippen LogP) is 3.55. The second kappa shape index (κ2) is 7.74. The Bertz CT molecular complexity index is 716. The van der Waals surface area contributed by atoms with E-state index in [4.69, 9.17) is 16.9 Å². The molecule has 112 valence electrons. The van der Waals surface area contributed by atoms with Crippen LogP contribution in [0.2, 0.25) is 4.34 Å². The van der Waals surface area contributed by atoms with Gasteiger partial charge in [0.2, 0.25) is 5.91 Å². The van der Waals surface area contributed by atoms with E-state index in [2.05, 4.69) is 5.32 Å². The van der Waals surface area contributed by atoms with Gasteiger partial charge in [-0.15, -0.1) is 11.3 Å². The first-order valence-electron chi connectivity index (χ1n) is 6.63. The van der Waals surface area contributed by atoms with Crippen LogP contribution in [0.5, 0.6) is 0 Å². The van der Waals surface area contributed by atoms with Crippen molar-refractivity contribution in [1.82, 2.24) is 5.32 Å². The molecule has 1 aromatic heterocycles. The van der Waals surface area contributed by atoms with E-state index in [0.717, 1.165) is 5.56 Å². The monoisotopic (exact) mass is 332 g/mol. The minimum atomic E-state index is -0.180. The maximum Gasteiger partial charge on any atom is 0.220 e. The van der Waals surface area contributed by atoms with Crippen molar-refractivity contribution in [3.8, 4) is 6.07 Å². The fourth-order valence-electron chi connectivity index (χ4n) is 1.80. The van der Waals surface area contributed by atoms with Crippen LogP contribution in [-0.2, 0) is 11.3 Å². The van der Waals surface area contributed by atoms with Gasteiger partial charge in [-0.2, -0.15) is 5.26 Å². The molecule has 0 aliphatic heterocycles. The summed E-state index contributed by atoms with van der Waals surface area (Å²) in [4.78, 5) is 24.2. The Morgan fingerprint density at radius 2 is 1.86 bits per heavy atom. The molecule has 6 heteroatoms. The zero-order valence-corrected chi connectivity index (χ0v) is 13.2. The standard InChI is InChI=1S/C16H13ClN2O2S/c17-15-7-6-14(22-15)13(20)5-8-16(21)19-10-12-3-1-11(9-18)2-4-12/h1-4,6-7H,5,8,10H2,(H,19,21). The van der Waals surface area contributed by atoms with Gasteiger partial charge < -0.3 is 5.32 Å². The zero-order chi connectivity index (χ0) is 15.9. The summed E-state index contributed by atoms with van der Waals surface area (Å²) >= 11 is 6.99. The molecule has 1 aromatic carbocycles. The number of hydrogen-bond acceptors (Lipinski definition) is 4. The van der Waals surface area contributed by atoms with Gasteiger partial charge in [0.15, 0.2) is 5.78 Å². The summed E-state index contributed by atoms with van der Waals surface area (Å²) < 4.78 is 0.564. The molecule has 22 heavy (non-hydrogen) atoms. The molecule has 1 N–H and O–H groups in total. The minimum absolute atomic E-state index is 0.0783.